The molecule has 0 bridgehead atoms. The molecular formula is C18H31BrO4. The Labute approximate surface area is 149 Å². The number of ether oxygens (including phenoxy) is 2. The topological polar surface area (TPSA) is 52.6 Å². The van der Waals surface area contributed by atoms with E-state index in [1.807, 2.05) is 0 Å². The molecule has 0 saturated heterocycles. The highest BCUT2D eigenvalue weighted by molar-refractivity contribution is 9.09. The molecule has 0 aliphatic heterocycles. The first-order chi connectivity index (χ1) is 11.1. The molecule has 0 fully saturated rings. The number of carbonyl (C=O) groups excluding carboxylic acids is 2. The Hall–Kier alpha value is -0.840. The average Bonchev–Trinajstić information content (AvgIpc) is 2.56. The second kappa shape index (κ2) is 16.0. The van der Waals surface area contributed by atoms with Crippen molar-refractivity contribution in [3.05, 3.63) is 12.2 Å². The van der Waals surface area contributed by atoms with Gasteiger partial charge in [0.05, 0.1) is 13.2 Å². The molecule has 0 rings (SSSR count). The quantitative estimate of drug-likeness (QED) is 0.185. The molecule has 0 radical (unpaired) electrons. The Bertz CT molecular complexity index is 342. The maximum atomic E-state index is 11.6. The summed E-state index contributed by atoms with van der Waals surface area (Å²) in [4.78, 5) is 23.0. The zero-order valence-corrected chi connectivity index (χ0v) is 16.1. The van der Waals surface area contributed by atoms with E-state index in [1.165, 1.54) is 0 Å². The van der Waals surface area contributed by atoms with Crippen LogP contribution in [0.25, 0.3) is 0 Å². The van der Waals surface area contributed by atoms with Crippen molar-refractivity contribution in [2.45, 2.75) is 65.2 Å². The minimum absolute atomic E-state index is 0.398. The molecule has 134 valence electrons. The van der Waals surface area contributed by atoms with E-state index in [0.717, 1.165) is 68.8 Å². The van der Waals surface area contributed by atoms with Crippen molar-refractivity contribution < 1.29 is 19.1 Å². The van der Waals surface area contributed by atoms with Crippen LogP contribution < -0.4 is 0 Å². The lowest BCUT2D eigenvalue weighted by Gasteiger charge is -2.13. The predicted octanol–water partition coefficient (Wildman–Crippen LogP) is 4.80. The number of esters is 2. The van der Waals surface area contributed by atoms with Gasteiger partial charge in [0.25, 0.3) is 0 Å². The molecule has 0 aliphatic rings. The summed E-state index contributed by atoms with van der Waals surface area (Å²) in [6.07, 6.45) is 10.8. The van der Waals surface area contributed by atoms with Crippen LogP contribution in [0.3, 0.4) is 0 Å². The van der Waals surface area contributed by atoms with E-state index < -0.39 is 11.9 Å². The van der Waals surface area contributed by atoms with Crippen LogP contribution in [0.1, 0.15) is 65.2 Å². The fraction of sp³-hybridized carbons (Fsp3) is 0.778. The summed E-state index contributed by atoms with van der Waals surface area (Å²) < 4.78 is 10.2. The third-order valence-corrected chi connectivity index (χ3v) is 4.19. The molecule has 5 heteroatoms. The summed E-state index contributed by atoms with van der Waals surface area (Å²) in [7, 11) is 0. The van der Waals surface area contributed by atoms with Crippen molar-refractivity contribution in [3.8, 4) is 0 Å². The monoisotopic (exact) mass is 390 g/mol. The maximum absolute atomic E-state index is 11.6. The Morgan fingerprint density at radius 2 is 1.61 bits per heavy atom. The Kier molecular flexibility index (Phi) is 15.4. The molecule has 0 amide bonds. The first kappa shape index (κ1) is 22.2. The number of halogens is 1. The largest absolute Gasteiger partial charge is 0.463 e. The molecule has 0 heterocycles. The highest BCUT2D eigenvalue weighted by Crippen LogP contribution is 2.12. The molecule has 0 saturated carbocycles. The van der Waals surface area contributed by atoms with Crippen LogP contribution >= 0.6 is 15.9 Å². The Morgan fingerprint density at radius 1 is 0.957 bits per heavy atom. The summed E-state index contributed by atoms with van der Waals surface area (Å²) in [5.74, 6) is -0.562. The number of hydrogen-bond acceptors (Lipinski definition) is 4. The lowest BCUT2D eigenvalue weighted by atomic mass is 10.0. The maximum Gasteiger partial charge on any atom is 0.331 e. The van der Waals surface area contributed by atoms with Gasteiger partial charge in [-0.15, -0.1) is 0 Å². The first-order valence-corrected chi connectivity index (χ1v) is 9.83. The zero-order valence-electron chi connectivity index (χ0n) is 14.5. The van der Waals surface area contributed by atoms with Crippen LogP contribution in [0.2, 0.25) is 0 Å². The third-order valence-electron chi connectivity index (χ3n) is 3.63. The van der Waals surface area contributed by atoms with Gasteiger partial charge in [-0.1, -0.05) is 61.9 Å². The molecular weight excluding hydrogens is 360 g/mol. The van der Waals surface area contributed by atoms with Gasteiger partial charge < -0.3 is 9.47 Å². The standard InChI is InChI=1S/C18H31BrO4/c1-3-5-10-16(4-2)15-23-18(21)12-11-17(20)22-14-9-7-6-8-13-19/h11-12,16H,3-10,13-15H2,1-2H3/b12-11-. The lowest BCUT2D eigenvalue weighted by Crippen LogP contribution is -2.12. The number of rotatable bonds is 14. The summed E-state index contributed by atoms with van der Waals surface area (Å²) in [6, 6.07) is 0. The van der Waals surface area contributed by atoms with Gasteiger partial charge in [0.1, 0.15) is 0 Å². The summed E-state index contributed by atoms with van der Waals surface area (Å²) in [5, 5.41) is 1.01. The van der Waals surface area contributed by atoms with E-state index in [4.69, 9.17) is 9.47 Å². The highest BCUT2D eigenvalue weighted by Gasteiger charge is 2.08. The van der Waals surface area contributed by atoms with Crippen LogP contribution in [0, 0.1) is 5.92 Å². The van der Waals surface area contributed by atoms with Crippen molar-refractivity contribution in [3.63, 3.8) is 0 Å². The molecule has 1 unspecified atom stereocenters. The SMILES string of the molecule is CCCCC(CC)COC(=O)/C=C\C(=O)OCCCCCCBr. The normalized spacial score (nSPS) is 12.3. The van der Waals surface area contributed by atoms with E-state index in [1.54, 1.807) is 0 Å². The van der Waals surface area contributed by atoms with Crippen LogP contribution in [0.5, 0.6) is 0 Å². The van der Waals surface area contributed by atoms with Gasteiger partial charge in [-0.05, 0) is 25.2 Å². The fourth-order valence-electron chi connectivity index (χ4n) is 2.05. The second-order valence-corrected chi connectivity index (χ2v) is 6.44. The number of hydrogen-bond donors (Lipinski definition) is 0. The van der Waals surface area contributed by atoms with Crippen LogP contribution in [-0.4, -0.2) is 30.5 Å². The van der Waals surface area contributed by atoms with Gasteiger partial charge in [-0.2, -0.15) is 0 Å². The van der Waals surface area contributed by atoms with Crippen molar-refractivity contribution in [2.75, 3.05) is 18.5 Å². The molecule has 0 spiro atoms. The molecule has 0 N–H and O–H groups in total. The van der Waals surface area contributed by atoms with Crippen LogP contribution in [-0.2, 0) is 19.1 Å². The number of carbonyl (C=O) groups is 2. The molecule has 0 aromatic heterocycles. The van der Waals surface area contributed by atoms with Gasteiger partial charge >= 0.3 is 11.9 Å². The Morgan fingerprint density at radius 3 is 2.22 bits per heavy atom. The fourth-order valence-corrected chi connectivity index (χ4v) is 2.45. The molecule has 4 nitrogen and oxygen atoms in total. The minimum Gasteiger partial charge on any atom is -0.463 e. The molecule has 0 aliphatic carbocycles. The molecule has 1 atom stereocenters. The summed E-state index contributed by atoms with van der Waals surface area (Å²) >= 11 is 3.38. The first-order valence-electron chi connectivity index (χ1n) is 8.71. The number of unbranched alkanes of at least 4 members (excludes halogenated alkanes) is 4. The number of alkyl halides is 1. The van der Waals surface area contributed by atoms with Crippen LogP contribution in [0.15, 0.2) is 12.2 Å². The van der Waals surface area contributed by atoms with Gasteiger partial charge in [0.15, 0.2) is 0 Å². The molecule has 0 aromatic carbocycles. The van der Waals surface area contributed by atoms with Crippen LogP contribution in [0.4, 0.5) is 0 Å². The molecule has 0 aromatic rings. The average molecular weight is 391 g/mol. The van der Waals surface area contributed by atoms with E-state index in [2.05, 4.69) is 29.8 Å². The molecule has 23 heavy (non-hydrogen) atoms. The van der Waals surface area contributed by atoms with E-state index in [0.29, 0.717) is 19.1 Å². The highest BCUT2D eigenvalue weighted by atomic mass is 79.9. The Balaban J connectivity index is 3.78. The van der Waals surface area contributed by atoms with E-state index >= 15 is 0 Å². The second-order valence-electron chi connectivity index (χ2n) is 5.65. The van der Waals surface area contributed by atoms with Gasteiger partial charge in [0.2, 0.25) is 0 Å². The smallest absolute Gasteiger partial charge is 0.331 e. The van der Waals surface area contributed by atoms with Crippen molar-refractivity contribution in [2.24, 2.45) is 5.92 Å². The van der Waals surface area contributed by atoms with Crippen molar-refractivity contribution in [1.29, 1.82) is 0 Å². The third kappa shape index (κ3) is 14.5. The van der Waals surface area contributed by atoms with Gasteiger partial charge in [0, 0.05) is 17.5 Å². The van der Waals surface area contributed by atoms with Crippen molar-refractivity contribution >= 4 is 27.9 Å². The van der Waals surface area contributed by atoms with Crippen molar-refractivity contribution in [1.82, 2.24) is 0 Å². The predicted molar refractivity (Wildman–Crippen MR) is 96.6 cm³/mol. The van der Waals surface area contributed by atoms with E-state index in [-0.39, 0.29) is 0 Å². The van der Waals surface area contributed by atoms with Gasteiger partial charge in [-0.25, -0.2) is 9.59 Å². The zero-order chi connectivity index (χ0) is 17.3. The van der Waals surface area contributed by atoms with E-state index in [9.17, 15) is 9.59 Å². The lowest BCUT2D eigenvalue weighted by molar-refractivity contribution is -0.141. The minimum atomic E-state index is -0.486. The summed E-state index contributed by atoms with van der Waals surface area (Å²) in [6.45, 7) is 5.06. The summed E-state index contributed by atoms with van der Waals surface area (Å²) in [5.41, 5.74) is 0. The van der Waals surface area contributed by atoms with Gasteiger partial charge in [-0.3, -0.25) is 0 Å².